The fourth-order valence-corrected chi connectivity index (χ4v) is 1.78. The molecule has 0 aliphatic rings. The zero-order valence-corrected chi connectivity index (χ0v) is 12.1. The van der Waals surface area contributed by atoms with Gasteiger partial charge >= 0.3 is 5.97 Å². The molecule has 0 aromatic heterocycles. The minimum atomic E-state index is -0.889. The average Bonchev–Trinajstić information content (AvgIpc) is 2.38. The highest BCUT2D eigenvalue weighted by Gasteiger charge is 2.19. The molecule has 1 aromatic carbocycles. The molecule has 1 rings (SSSR count). The lowest BCUT2D eigenvalue weighted by Gasteiger charge is -2.29. The van der Waals surface area contributed by atoms with Crippen LogP contribution in [0, 0.1) is 0 Å². The molecule has 0 saturated carbocycles. The van der Waals surface area contributed by atoms with Crippen LogP contribution in [0.5, 0.6) is 0 Å². The first-order valence-corrected chi connectivity index (χ1v) is 6.72. The van der Waals surface area contributed by atoms with Gasteiger partial charge in [0.2, 0.25) is 0 Å². The van der Waals surface area contributed by atoms with Gasteiger partial charge < -0.3 is 9.84 Å². The van der Waals surface area contributed by atoms with Crippen molar-refractivity contribution in [3.05, 3.63) is 29.8 Å². The molecule has 4 nitrogen and oxygen atoms in total. The van der Waals surface area contributed by atoms with E-state index in [0.29, 0.717) is 16.7 Å². The number of nitrogens with zero attached hydrogens (tertiary/aromatic N) is 1. The third kappa shape index (κ3) is 5.01. The van der Waals surface area contributed by atoms with Crippen molar-refractivity contribution in [3.8, 4) is 0 Å². The van der Waals surface area contributed by atoms with Gasteiger partial charge in [-0.2, -0.15) is 0 Å². The van der Waals surface area contributed by atoms with Crippen LogP contribution in [-0.4, -0.2) is 44.9 Å². The Labute approximate surface area is 115 Å². The molecule has 19 heavy (non-hydrogen) atoms. The van der Waals surface area contributed by atoms with E-state index in [1.165, 1.54) is 0 Å². The molecule has 0 aliphatic heterocycles. The van der Waals surface area contributed by atoms with E-state index in [1.807, 2.05) is 12.1 Å². The Kier molecular flexibility index (Phi) is 5.99. The van der Waals surface area contributed by atoms with Crippen LogP contribution in [0.15, 0.2) is 24.3 Å². The Morgan fingerprint density at radius 3 is 2.37 bits per heavy atom. The SMILES string of the molecule is CCCCOCC[N+](C)(C)c1ccc(C(=O)O)cc1. The molecule has 0 radical (unpaired) electrons. The molecule has 4 heteroatoms. The predicted molar refractivity (Wildman–Crippen MR) is 77.6 cm³/mol. The van der Waals surface area contributed by atoms with Crippen molar-refractivity contribution in [2.45, 2.75) is 19.8 Å². The lowest BCUT2D eigenvalue weighted by Crippen LogP contribution is -2.43. The Morgan fingerprint density at radius 1 is 1.21 bits per heavy atom. The van der Waals surface area contributed by atoms with Gasteiger partial charge in [-0.3, -0.25) is 4.48 Å². The van der Waals surface area contributed by atoms with Crippen molar-refractivity contribution in [1.82, 2.24) is 4.48 Å². The van der Waals surface area contributed by atoms with E-state index in [2.05, 4.69) is 21.0 Å². The third-order valence-electron chi connectivity index (χ3n) is 3.25. The second kappa shape index (κ2) is 7.26. The number of likely N-dealkylation sites (N-methyl/N-ethyl adjacent to an activating group) is 1. The molecule has 1 N–H and O–H groups in total. The number of quaternary nitrogens is 1. The first-order valence-electron chi connectivity index (χ1n) is 6.72. The van der Waals surface area contributed by atoms with Crippen molar-refractivity contribution in [2.24, 2.45) is 0 Å². The predicted octanol–water partition coefficient (Wildman–Crippen LogP) is 2.77. The summed E-state index contributed by atoms with van der Waals surface area (Å²) in [5.74, 6) is -0.889. The normalized spacial score (nSPS) is 11.5. The summed E-state index contributed by atoms with van der Waals surface area (Å²) >= 11 is 0. The summed E-state index contributed by atoms with van der Waals surface area (Å²) in [5.41, 5.74) is 1.41. The van der Waals surface area contributed by atoms with E-state index in [9.17, 15) is 4.79 Å². The van der Waals surface area contributed by atoms with E-state index in [-0.39, 0.29) is 0 Å². The first kappa shape index (κ1) is 15.7. The van der Waals surface area contributed by atoms with Gasteiger partial charge in [-0.1, -0.05) is 13.3 Å². The smallest absolute Gasteiger partial charge is 0.335 e. The second-order valence-corrected chi connectivity index (χ2v) is 5.23. The van der Waals surface area contributed by atoms with Crippen LogP contribution >= 0.6 is 0 Å². The van der Waals surface area contributed by atoms with Crippen LogP contribution in [0.1, 0.15) is 30.1 Å². The van der Waals surface area contributed by atoms with E-state index in [4.69, 9.17) is 9.84 Å². The summed E-state index contributed by atoms with van der Waals surface area (Å²) in [7, 11) is 4.19. The summed E-state index contributed by atoms with van der Waals surface area (Å²) < 4.78 is 6.27. The first-order chi connectivity index (χ1) is 8.97. The van der Waals surface area contributed by atoms with Crippen molar-refractivity contribution < 1.29 is 14.6 Å². The van der Waals surface area contributed by atoms with Crippen LogP contribution in [-0.2, 0) is 4.74 Å². The van der Waals surface area contributed by atoms with Crippen LogP contribution < -0.4 is 4.48 Å². The number of benzene rings is 1. The maximum Gasteiger partial charge on any atom is 0.335 e. The van der Waals surface area contributed by atoms with Crippen LogP contribution in [0.25, 0.3) is 0 Å². The minimum absolute atomic E-state index is 0.322. The quantitative estimate of drug-likeness (QED) is 0.581. The van der Waals surface area contributed by atoms with E-state index in [0.717, 1.165) is 31.7 Å². The minimum Gasteiger partial charge on any atom is -0.478 e. The van der Waals surface area contributed by atoms with Crippen LogP contribution in [0.4, 0.5) is 5.69 Å². The number of hydrogen-bond donors (Lipinski definition) is 1. The zero-order chi connectivity index (χ0) is 14.3. The number of ether oxygens (including phenoxy) is 1. The van der Waals surface area contributed by atoms with E-state index in [1.54, 1.807) is 12.1 Å². The molecule has 0 spiro atoms. The molecule has 106 valence electrons. The van der Waals surface area contributed by atoms with E-state index >= 15 is 0 Å². The molecular weight excluding hydrogens is 242 g/mol. The molecule has 0 amide bonds. The molecule has 1 aromatic rings. The summed E-state index contributed by atoms with van der Waals surface area (Å²) in [6.45, 7) is 4.55. The van der Waals surface area contributed by atoms with Gasteiger partial charge in [0, 0.05) is 6.61 Å². The molecule has 0 saturated heterocycles. The highest BCUT2D eigenvalue weighted by molar-refractivity contribution is 5.87. The highest BCUT2D eigenvalue weighted by atomic mass is 16.5. The number of rotatable bonds is 8. The fourth-order valence-electron chi connectivity index (χ4n) is 1.78. The van der Waals surface area contributed by atoms with Crippen LogP contribution in [0.3, 0.4) is 0 Å². The third-order valence-corrected chi connectivity index (χ3v) is 3.25. The number of aromatic carboxylic acids is 1. The van der Waals surface area contributed by atoms with Gasteiger partial charge in [0.05, 0.1) is 26.3 Å². The Bertz CT molecular complexity index is 398. The number of unbranched alkanes of at least 4 members (excludes halogenated alkanes) is 1. The van der Waals surface area contributed by atoms with Gasteiger partial charge in [0.15, 0.2) is 0 Å². The van der Waals surface area contributed by atoms with Crippen molar-refractivity contribution >= 4 is 11.7 Å². The molecule has 0 bridgehead atoms. The maximum absolute atomic E-state index is 10.8. The summed E-state index contributed by atoms with van der Waals surface area (Å²) in [6, 6.07) is 7.04. The topological polar surface area (TPSA) is 46.5 Å². The summed E-state index contributed by atoms with van der Waals surface area (Å²) in [6.07, 6.45) is 2.25. The Balaban J connectivity index is 2.53. The van der Waals surface area contributed by atoms with Gasteiger partial charge in [0.25, 0.3) is 0 Å². The lowest BCUT2D eigenvalue weighted by molar-refractivity contribution is 0.0696. The second-order valence-electron chi connectivity index (χ2n) is 5.23. The molecule has 0 heterocycles. The van der Waals surface area contributed by atoms with Crippen molar-refractivity contribution in [2.75, 3.05) is 33.9 Å². The summed E-state index contributed by atoms with van der Waals surface area (Å²) in [4.78, 5) is 10.8. The van der Waals surface area contributed by atoms with Crippen molar-refractivity contribution in [3.63, 3.8) is 0 Å². The Morgan fingerprint density at radius 2 is 1.84 bits per heavy atom. The van der Waals surface area contributed by atoms with Gasteiger partial charge in [0.1, 0.15) is 12.2 Å². The van der Waals surface area contributed by atoms with E-state index < -0.39 is 5.97 Å². The van der Waals surface area contributed by atoms with Crippen LogP contribution in [0.2, 0.25) is 0 Å². The van der Waals surface area contributed by atoms with Gasteiger partial charge in [-0.25, -0.2) is 4.79 Å². The van der Waals surface area contributed by atoms with Gasteiger partial charge in [-0.15, -0.1) is 0 Å². The molecule has 0 aliphatic carbocycles. The molecule has 0 atom stereocenters. The van der Waals surface area contributed by atoms with Crippen molar-refractivity contribution in [1.29, 1.82) is 0 Å². The molecule has 0 unspecified atom stereocenters. The number of hydrogen-bond acceptors (Lipinski definition) is 2. The molecular formula is C15H24NO3+. The largest absolute Gasteiger partial charge is 0.478 e. The number of carboxylic acids is 1. The fraction of sp³-hybridized carbons (Fsp3) is 0.533. The zero-order valence-electron chi connectivity index (χ0n) is 12.1. The van der Waals surface area contributed by atoms with Gasteiger partial charge in [-0.05, 0) is 30.7 Å². The molecule has 0 fully saturated rings. The average molecular weight is 266 g/mol. The monoisotopic (exact) mass is 266 g/mol. The summed E-state index contributed by atoms with van der Waals surface area (Å²) in [5, 5.41) is 8.88. The number of carboxylic acid groups (broad SMARTS) is 1. The number of carbonyl (C=O) groups is 1. The highest BCUT2D eigenvalue weighted by Crippen LogP contribution is 2.19. The Hall–Kier alpha value is -1.39. The maximum atomic E-state index is 10.8. The standard InChI is InChI=1S/C15H23NO3/c1-4-5-11-19-12-10-16(2,3)14-8-6-13(7-9-14)15(17)18/h6-9H,4-5,10-12H2,1-3H3/p+1. The lowest BCUT2D eigenvalue weighted by atomic mass is 10.2.